The number of hydrogen-bond acceptors (Lipinski definition) is 2. The van der Waals surface area contributed by atoms with Gasteiger partial charge in [-0.15, -0.1) is 0 Å². The van der Waals surface area contributed by atoms with Crippen LogP contribution in [0.5, 0.6) is 0 Å². The summed E-state index contributed by atoms with van der Waals surface area (Å²) in [7, 11) is 0. The van der Waals surface area contributed by atoms with Crippen LogP contribution in [0.3, 0.4) is 0 Å². The average Bonchev–Trinajstić information content (AvgIpc) is 2.69. The first-order chi connectivity index (χ1) is 6.65. The van der Waals surface area contributed by atoms with Gasteiger partial charge in [0, 0.05) is 6.42 Å². The Hall–Kier alpha value is -0.530. The molecule has 1 aliphatic carbocycles. The van der Waals surface area contributed by atoms with Crippen LogP contribution in [0.1, 0.15) is 52.9 Å². The van der Waals surface area contributed by atoms with Crippen LogP contribution in [-0.4, -0.2) is 12.1 Å². The van der Waals surface area contributed by atoms with E-state index in [0.29, 0.717) is 12.3 Å². The second-order valence-corrected chi connectivity index (χ2v) is 4.45. The normalized spacial score (nSPS) is 21.9. The maximum atomic E-state index is 11.1. The van der Waals surface area contributed by atoms with E-state index in [-0.39, 0.29) is 12.1 Å². The average molecular weight is 198 g/mol. The smallest absolute Gasteiger partial charge is 0.305 e. The summed E-state index contributed by atoms with van der Waals surface area (Å²) in [5.74, 6) is 1.23. The summed E-state index contributed by atoms with van der Waals surface area (Å²) in [6.07, 6.45) is 5.91. The Balaban J connectivity index is 2.34. The van der Waals surface area contributed by atoms with Gasteiger partial charge in [0.25, 0.3) is 0 Å². The fourth-order valence-electron chi connectivity index (χ4n) is 2.26. The number of carbonyl (C=O) groups excluding carboxylic acids is 1. The molecule has 0 aromatic rings. The molecule has 0 heterocycles. The van der Waals surface area contributed by atoms with Crippen LogP contribution in [-0.2, 0) is 9.53 Å². The van der Waals surface area contributed by atoms with Crippen molar-refractivity contribution in [1.82, 2.24) is 0 Å². The molecule has 1 rings (SSSR count). The maximum absolute atomic E-state index is 11.1. The van der Waals surface area contributed by atoms with E-state index in [1.54, 1.807) is 0 Å². The predicted octanol–water partition coefficient (Wildman–Crippen LogP) is 3.15. The van der Waals surface area contributed by atoms with Crippen molar-refractivity contribution >= 4 is 5.97 Å². The SMILES string of the molecule is CCC(=O)OC(C)C(C)C1CCCC1. The third kappa shape index (κ3) is 3.00. The summed E-state index contributed by atoms with van der Waals surface area (Å²) >= 11 is 0. The maximum Gasteiger partial charge on any atom is 0.305 e. The van der Waals surface area contributed by atoms with Crippen LogP contribution in [0.2, 0.25) is 0 Å². The third-order valence-corrected chi connectivity index (χ3v) is 3.49. The van der Waals surface area contributed by atoms with Crippen LogP contribution in [0.25, 0.3) is 0 Å². The first-order valence-electron chi connectivity index (χ1n) is 5.84. The standard InChI is InChI=1S/C12H22O2/c1-4-12(13)14-10(3)9(2)11-7-5-6-8-11/h9-11H,4-8H2,1-3H3. The van der Waals surface area contributed by atoms with Gasteiger partial charge in [0.05, 0.1) is 0 Å². The lowest BCUT2D eigenvalue weighted by Crippen LogP contribution is -2.26. The fraction of sp³-hybridized carbons (Fsp3) is 0.917. The molecule has 0 N–H and O–H groups in total. The van der Waals surface area contributed by atoms with Gasteiger partial charge in [-0.2, -0.15) is 0 Å². The van der Waals surface area contributed by atoms with Gasteiger partial charge in [0.2, 0.25) is 0 Å². The van der Waals surface area contributed by atoms with Gasteiger partial charge in [-0.25, -0.2) is 0 Å². The molecule has 2 unspecified atom stereocenters. The Bertz CT molecular complexity index is 183. The van der Waals surface area contributed by atoms with Gasteiger partial charge < -0.3 is 4.74 Å². The highest BCUT2D eigenvalue weighted by atomic mass is 16.5. The van der Waals surface area contributed by atoms with Gasteiger partial charge in [-0.1, -0.05) is 39.5 Å². The second kappa shape index (κ2) is 5.38. The number of carbonyl (C=O) groups is 1. The van der Waals surface area contributed by atoms with Crippen molar-refractivity contribution in [3.05, 3.63) is 0 Å². The van der Waals surface area contributed by atoms with Crippen molar-refractivity contribution in [3.63, 3.8) is 0 Å². The van der Waals surface area contributed by atoms with Crippen molar-refractivity contribution in [3.8, 4) is 0 Å². The van der Waals surface area contributed by atoms with E-state index < -0.39 is 0 Å². The minimum atomic E-state index is -0.0673. The summed E-state index contributed by atoms with van der Waals surface area (Å²) in [5, 5.41) is 0. The summed E-state index contributed by atoms with van der Waals surface area (Å²) in [4.78, 5) is 11.1. The van der Waals surface area contributed by atoms with E-state index in [4.69, 9.17) is 4.74 Å². The topological polar surface area (TPSA) is 26.3 Å². The molecule has 82 valence electrons. The van der Waals surface area contributed by atoms with E-state index in [2.05, 4.69) is 6.92 Å². The van der Waals surface area contributed by atoms with E-state index in [1.165, 1.54) is 25.7 Å². The van der Waals surface area contributed by atoms with Crippen molar-refractivity contribution in [2.75, 3.05) is 0 Å². The Labute approximate surface area is 87.0 Å². The molecule has 0 bridgehead atoms. The van der Waals surface area contributed by atoms with Crippen LogP contribution in [0.4, 0.5) is 0 Å². The third-order valence-electron chi connectivity index (χ3n) is 3.49. The summed E-state index contributed by atoms with van der Waals surface area (Å²) in [6.45, 7) is 6.08. The highest BCUT2D eigenvalue weighted by Gasteiger charge is 2.27. The molecule has 2 nitrogen and oxygen atoms in total. The molecule has 0 amide bonds. The zero-order valence-electron chi connectivity index (χ0n) is 9.58. The highest BCUT2D eigenvalue weighted by Crippen LogP contribution is 2.33. The van der Waals surface area contributed by atoms with Crippen molar-refractivity contribution in [2.45, 2.75) is 59.0 Å². The molecular formula is C12H22O2. The Morgan fingerprint density at radius 2 is 1.93 bits per heavy atom. The largest absolute Gasteiger partial charge is 0.462 e. The molecule has 0 aliphatic heterocycles. The van der Waals surface area contributed by atoms with Gasteiger partial charge in [-0.05, 0) is 18.8 Å². The molecule has 2 heteroatoms. The number of hydrogen-bond donors (Lipinski definition) is 0. The molecule has 0 radical (unpaired) electrons. The monoisotopic (exact) mass is 198 g/mol. The van der Waals surface area contributed by atoms with Crippen LogP contribution in [0, 0.1) is 11.8 Å². The summed E-state index contributed by atoms with van der Waals surface area (Å²) < 4.78 is 5.33. The van der Waals surface area contributed by atoms with Crippen molar-refractivity contribution in [2.24, 2.45) is 11.8 Å². The molecule has 1 saturated carbocycles. The van der Waals surface area contributed by atoms with Crippen LogP contribution in [0.15, 0.2) is 0 Å². The lowest BCUT2D eigenvalue weighted by atomic mass is 9.88. The quantitative estimate of drug-likeness (QED) is 0.649. The second-order valence-electron chi connectivity index (χ2n) is 4.45. The van der Waals surface area contributed by atoms with Crippen molar-refractivity contribution in [1.29, 1.82) is 0 Å². The van der Waals surface area contributed by atoms with E-state index in [0.717, 1.165) is 5.92 Å². The van der Waals surface area contributed by atoms with Gasteiger partial charge in [-0.3, -0.25) is 4.79 Å². The van der Waals surface area contributed by atoms with E-state index >= 15 is 0 Å². The summed E-state index contributed by atoms with van der Waals surface area (Å²) in [5.41, 5.74) is 0. The molecule has 0 saturated heterocycles. The predicted molar refractivity (Wildman–Crippen MR) is 57.0 cm³/mol. The Morgan fingerprint density at radius 1 is 1.36 bits per heavy atom. The molecule has 0 aromatic carbocycles. The zero-order valence-corrected chi connectivity index (χ0v) is 9.58. The zero-order chi connectivity index (χ0) is 10.6. The van der Waals surface area contributed by atoms with Crippen LogP contribution >= 0.6 is 0 Å². The summed E-state index contributed by atoms with van der Waals surface area (Å²) in [6, 6.07) is 0. The van der Waals surface area contributed by atoms with Crippen LogP contribution < -0.4 is 0 Å². The molecular weight excluding hydrogens is 176 g/mol. The highest BCUT2D eigenvalue weighted by molar-refractivity contribution is 5.69. The molecule has 2 atom stereocenters. The molecule has 0 spiro atoms. The minimum absolute atomic E-state index is 0.0673. The molecule has 1 fully saturated rings. The van der Waals surface area contributed by atoms with E-state index in [9.17, 15) is 4.79 Å². The van der Waals surface area contributed by atoms with Gasteiger partial charge >= 0.3 is 5.97 Å². The Morgan fingerprint density at radius 3 is 2.43 bits per heavy atom. The lowest BCUT2D eigenvalue weighted by Gasteiger charge is -2.25. The number of esters is 1. The Kier molecular flexibility index (Phi) is 4.43. The molecule has 14 heavy (non-hydrogen) atoms. The van der Waals surface area contributed by atoms with E-state index in [1.807, 2.05) is 13.8 Å². The minimum Gasteiger partial charge on any atom is -0.462 e. The lowest BCUT2D eigenvalue weighted by molar-refractivity contribution is -0.151. The van der Waals surface area contributed by atoms with Crippen molar-refractivity contribution < 1.29 is 9.53 Å². The number of rotatable bonds is 4. The van der Waals surface area contributed by atoms with Gasteiger partial charge in [0.1, 0.15) is 6.10 Å². The first-order valence-corrected chi connectivity index (χ1v) is 5.84. The van der Waals surface area contributed by atoms with Gasteiger partial charge in [0.15, 0.2) is 0 Å². The molecule has 1 aliphatic rings. The first kappa shape index (κ1) is 11.5. The number of ether oxygens (including phenoxy) is 1. The fourth-order valence-corrected chi connectivity index (χ4v) is 2.26. The molecule has 0 aromatic heterocycles.